The van der Waals surface area contributed by atoms with E-state index in [-0.39, 0.29) is 6.10 Å². The minimum absolute atomic E-state index is 0.0706. The van der Waals surface area contributed by atoms with Crippen molar-refractivity contribution in [1.82, 2.24) is 0 Å². The summed E-state index contributed by atoms with van der Waals surface area (Å²) in [6.45, 7) is 0. The number of nitrogens with zero attached hydrogens (tertiary/aromatic N) is 1. The third-order valence-corrected chi connectivity index (χ3v) is 5.39. The zero-order valence-corrected chi connectivity index (χ0v) is 14.9. The van der Waals surface area contributed by atoms with Gasteiger partial charge in [0, 0.05) is 7.11 Å². The second-order valence-electron chi connectivity index (χ2n) is 6.83. The molecule has 0 amide bonds. The SMILES string of the molecule is COC1c2ccccc2-c2c1cc1ccc(C#N)cc1c2-c1ccccc1. The van der Waals surface area contributed by atoms with E-state index in [0.717, 1.165) is 16.3 Å². The van der Waals surface area contributed by atoms with Crippen molar-refractivity contribution in [1.29, 1.82) is 5.26 Å². The van der Waals surface area contributed by atoms with Gasteiger partial charge in [-0.1, -0.05) is 60.7 Å². The van der Waals surface area contributed by atoms with Gasteiger partial charge < -0.3 is 4.74 Å². The lowest BCUT2D eigenvalue weighted by Crippen LogP contribution is -1.99. The van der Waals surface area contributed by atoms with E-state index in [0.29, 0.717) is 5.56 Å². The van der Waals surface area contributed by atoms with E-state index in [4.69, 9.17) is 4.74 Å². The fraction of sp³-hybridized carbons (Fsp3) is 0.0800. The lowest BCUT2D eigenvalue weighted by Gasteiger charge is -2.16. The Kier molecular flexibility index (Phi) is 3.57. The average molecular weight is 347 g/mol. The first-order valence-electron chi connectivity index (χ1n) is 9.00. The zero-order chi connectivity index (χ0) is 18.4. The number of hydrogen-bond donors (Lipinski definition) is 0. The highest BCUT2D eigenvalue weighted by Crippen LogP contribution is 2.51. The van der Waals surface area contributed by atoms with Gasteiger partial charge in [0.25, 0.3) is 0 Å². The molecule has 1 aliphatic rings. The minimum Gasteiger partial charge on any atom is -0.372 e. The fourth-order valence-electron chi connectivity index (χ4n) is 4.26. The smallest absolute Gasteiger partial charge is 0.108 e. The zero-order valence-electron chi connectivity index (χ0n) is 14.9. The first-order valence-corrected chi connectivity index (χ1v) is 9.00. The van der Waals surface area contributed by atoms with Gasteiger partial charge in [-0.3, -0.25) is 0 Å². The number of hydrogen-bond acceptors (Lipinski definition) is 2. The van der Waals surface area contributed by atoms with Crippen molar-refractivity contribution < 1.29 is 4.74 Å². The highest BCUT2D eigenvalue weighted by molar-refractivity contribution is 6.07. The van der Waals surface area contributed by atoms with Crippen molar-refractivity contribution in [3.63, 3.8) is 0 Å². The molecule has 0 saturated heterocycles. The predicted octanol–water partition coefficient (Wildman–Crippen LogP) is 6.09. The van der Waals surface area contributed by atoms with E-state index < -0.39 is 0 Å². The van der Waals surface area contributed by atoms with E-state index in [1.165, 1.54) is 27.8 Å². The molecule has 0 aromatic heterocycles. The van der Waals surface area contributed by atoms with Gasteiger partial charge in [-0.15, -0.1) is 0 Å². The molecule has 0 fully saturated rings. The Morgan fingerprint density at radius 2 is 1.59 bits per heavy atom. The maximum Gasteiger partial charge on any atom is 0.108 e. The van der Waals surface area contributed by atoms with Gasteiger partial charge in [-0.25, -0.2) is 0 Å². The van der Waals surface area contributed by atoms with Crippen LogP contribution >= 0.6 is 0 Å². The maximum absolute atomic E-state index is 9.42. The molecule has 1 atom stereocenters. The van der Waals surface area contributed by atoms with Crippen molar-refractivity contribution >= 4 is 10.8 Å². The lowest BCUT2D eigenvalue weighted by molar-refractivity contribution is 0.140. The van der Waals surface area contributed by atoms with Crippen LogP contribution in [0, 0.1) is 11.3 Å². The first kappa shape index (κ1) is 15.8. The molecule has 0 bridgehead atoms. The molecule has 4 aromatic carbocycles. The molecule has 1 unspecified atom stereocenters. The van der Waals surface area contributed by atoms with Crippen LogP contribution in [-0.4, -0.2) is 7.11 Å². The number of methoxy groups -OCH3 is 1. The molecule has 27 heavy (non-hydrogen) atoms. The second-order valence-corrected chi connectivity index (χ2v) is 6.83. The number of nitriles is 1. The number of benzene rings is 4. The van der Waals surface area contributed by atoms with Crippen LogP contribution in [-0.2, 0) is 4.74 Å². The standard InChI is InChI=1S/C25H17NO/c1-27-25-20-10-6-5-9-19(20)24-22(25)14-18-12-11-16(15-26)13-21(18)23(24)17-7-3-2-4-8-17/h2-14,25H,1H3. The third kappa shape index (κ3) is 2.30. The van der Waals surface area contributed by atoms with Gasteiger partial charge in [0.15, 0.2) is 0 Å². The van der Waals surface area contributed by atoms with Crippen molar-refractivity contribution in [2.24, 2.45) is 0 Å². The van der Waals surface area contributed by atoms with Crippen molar-refractivity contribution in [3.05, 3.63) is 95.6 Å². The predicted molar refractivity (Wildman–Crippen MR) is 108 cm³/mol. The van der Waals surface area contributed by atoms with Crippen LogP contribution in [0.15, 0.2) is 78.9 Å². The molecule has 2 heteroatoms. The maximum atomic E-state index is 9.42. The fourth-order valence-corrected chi connectivity index (χ4v) is 4.26. The molecule has 2 nitrogen and oxygen atoms in total. The summed E-state index contributed by atoms with van der Waals surface area (Å²) in [4.78, 5) is 0. The van der Waals surface area contributed by atoms with E-state index in [2.05, 4.69) is 60.7 Å². The Hall–Kier alpha value is -3.41. The summed E-state index contributed by atoms with van der Waals surface area (Å²) in [6.07, 6.45) is -0.0706. The van der Waals surface area contributed by atoms with Gasteiger partial charge in [0.05, 0.1) is 11.6 Å². The molecule has 1 aliphatic carbocycles. The molecule has 0 radical (unpaired) electrons. The molecule has 0 aliphatic heterocycles. The van der Waals surface area contributed by atoms with Crippen LogP contribution in [0.5, 0.6) is 0 Å². The van der Waals surface area contributed by atoms with Crippen molar-refractivity contribution in [3.8, 4) is 28.3 Å². The van der Waals surface area contributed by atoms with Gasteiger partial charge >= 0.3 is 0 Å². The van der Waals surface area contributed by atoms with Crippen LogP contribution < -0.4 is 0 Å². The Labute approximate surface area is 158 Å². The quantitative estimate of drug-likeness (QED) is 0.439. The Morgan fingerprint density at radius 3 is 2.37 bits per heavy atom. The van der Waals surface area contributed by atoms with E-state index in [9.17, 15) is 5.26 Å². The normalized spacial score (nSPS) is 14.6. The summed E-state index contributed by atoms with van der Waals surface area (Å²) in [5, 5.41) is 11.6. The molecule has 0 N–H and O–H groups in total. The van der Waals surface area contributed by atoms with E-state index in [1.807, 2.05) is 24.3 Å². The first-order chi connectivity index (χ1) is 13.3. The summed E-state index contributed by atoms with van der Waals surface area (Å²) < 4.78 is 5.90. The highest BCUT2D eigenvalue weighted by atomic mass is 16.5. The monoisotopic (exact) mass is 347 g/mol. The number of rotatable bonds is 2. The topological polar surface area (TPSA) is 33.0 Å². The largest absolute Gasteiger partial charge is 0.372 e. The van der Waals surface area contributed by atoms with Crippen molar-refractivity contribution in [2.45, 2.75) is 6.10 Å². The second kappa shape index (κ2) is 6.09. The van der Waals surface area contributed by atoms with Crippen LogP contribution in [0.4, 0.5) is 0 Å². The number of fused-ring (bicyclic) bond motifs is 4. The van der Waals surface area contributed by atoms with Gasteiger partial charge in [-0.05, 0) is 62.4 Å². The van der Waals surface area contributed by atoms with Gasteiger partial charge in [0.2, 0.25) is 0 Å². The van der Waals surface area contributed by atoms with Crippen LogP contribution in [0.1, 0.15) is 22.8 Å². The molecule has 128 valence electrons. The van der Waals surface area contributed by atoms with Crippen LogP contribution in [0.2, 0.25) is 0 Å². The highest BCUT2D eigenvalue weighted by Gasteiger charge is 2.32. The Balaban J connectivity index is 1.98. The Morgan fingerprint density at radius 1 is 0.815 bits per heavy atom. The lowest BCUT2D eigenvalue weighted by atomic mass is 9.88. The summed E-state index contributed by atoms with van der Waals surface area (Å²) in [6, 6.07) is 29.3. The molecule has 0 heterocycles. The minimum atomic E-state index is -0.0706. The Bertz CT molecular complexity index is 1220. The average Bonchev–Trinajstić information content (AvgIpc) is 3.05. The third-order valence-electron chi connectivity index (χ3n) is 5.39. The molecular formula is C25H17NO. The molecule has 5 rings (SSSR count). The van der Waals surface area contributed by atoms with Crippen LogP contribution in [0.25, 0.3) is 33.0 Å². The van der Waals surface area contributed by atoms with Gasteiger partial charge in [-0.2, -0.15) is 5.26 Å². The molecular weight excluding hydrogens is 330 g/mol. The summed E-state index contributed by atoms with van der Waals surface area (Å²) in [5.41, 5.74) is 7.81. The summed E-state index contributed by atoms with van der Waals surface area (Å²) in [5.74, 6) is 0. The summed E-state index contributed by atoms with van der Waals surface area (Å²) >= 11 is 0. The van der Waals surface area contributed by atoms with Gasteiger partial charge in [0.1, 0.15) is 6.10 Å². The van der Waals surface area contributed by atoms with Crippen molar-refractivity contribution in [2.75, 3.05) is 7.11 Å². The molecule has 0 saturated carbocycles. The van der Waals surface area contributed by atoms with E-state index in [1.54, 1.807) is 7.11 Å². The van der Waals surface area contributed by atoms with Crippen LogP contribution in [0.3, 0.4) is 0 Å². The number of ether oxygens (including phenoxy) is 1. The molecule has 4 aromatic rings. The summed E-state index contributed by atoms with van der Waals surface area (Å²) in [7, 11) is 1.77. The molecule has 0 spiro atoms. The van der Waals surface area contributed by atoms with E-state index >= 15 is 0 Å².